The molecule has 1 saturated heterocycles. The van der Waals surface area contributed by atoms with Crippen molar-refractivity contribution in [1.82, 2.24) is 15.6 Å². The lowest BCUT2D eigenvalue weighted by molar-refractivity contribution is 0.334. The van der Waals surface area contributed by atoms with Crippen LogP contribution in [0.2, 0.25) is 0 Å². The van der Waals surface area contributed by atoms with E-state index in [0.717, 1.165) is 23.9 Å². The predicted octanol–water partition coefficient (Wildman–Crippen LogP) is 5.08. The van der Waals surface area contributed by atoms with Crippen LogP contribution in [0.25, 0.3) is 0 Å². The monoisotopic (exact) mass is 461 g/mol. The van der Waals surface area contributed by atoms with E-state index < -0.39 is 0 Å². The van der Waals surface area contributed by atoms with Crippen LogP contribution in [-0.2, 0) is 6.54 Å². The number of hydrogen-bond acceptors (Lipinski definition) is 5. The Balaban J connectivity index is 0.000000195. The van der Waals surface area contributed by atoms with Crippen LogP contribution in [0.3, 0.4) is 0 Å². The lowest BCUT2D eigenvalue weighted by atomic mass is 10.1. The SMILES string of the molecule is C=C(NCc1ccccc1)C1CCCN1C.C=CC/C(=C/N)NN.Cc1ccccc1C1CC1. The van der Waals surface area contributed by atoms with Crippen LogP contribution >= 0.6 is 0 Å². The molecule has 6 N–H and O–H groups in total. The highest BCUT2D eigenvalue weighted by molar-refractivity contribution is 5.31. The van der Waals surface area contributed by atoms with E-state index in [1.54, 1.807) is 11.6 Å². The zero-order chi connectivity index (χ0) is 24.8. The third-order valence-electron chi connectivity index (χ3n) is 6.24. The molecule has 2 aromatic carbocycles. The first-order valence-corrected chi connectivity index (χ1v) is 12.2. The number of benzene rings is 2. The van der Waals surface area contributed by atoms with E-state index >= 15 is 0 Å². The first-order chi connectivity index (χ1) is 16.5. The van der Waals surface area contributed by atoms with Crippen molar-refractivity contribution in [3.8, 4) is 0 Å². The molecule has 0 amide bonds. The number of likely N-dealkylation sites (tertiary alicyclic amines) is 1. The van der Waals surface area contributed by atoms with Crippen LogP contribution in [-0.4, -0.2) is 24.5 Å². The molecule has 1 atom stereocenters. The maximum Gasteiger partial charge on any atom is 0.0486 e. The highest BCUT2D eigenvalue weighted by Gasteiger charge is 2.24. The summed E-state index contributed by atoms with van der Waals surface area (Å²) in [7, 11) is 2.17. The van der Waals surface area contributed by atoms with Gasteiger partial charge in [-0.2, -0.15) is 0 Å². The lowest BCUT2D eigenvalue weighted by Crippen LogP contribution is -2.32. The fourth-order valence-electron chi connectivity index (χ4n) is 4.05. The third-order valence-corrected chi connectivity index (χ3v) is 6.24. The maximum absolute atomic E-state index is 5.12. The van der Waals surface area contributed by atoms with Crippen LogP contribution in [0.5, 0.6) is 0 Å². The Morgan fingerprint density at radius 2 is 1.76 bits per heavy atom. The zero-order valence-corrected chi connectivity index (χ0v) is 21.0. The van der Waals surface area contributed by atoms with Crippen LogP contribution in [0.15, 0.2) is 91.4 Å². The van der Waals surface area contributed by atoms with Gasteiger partial charge in [-0.1, -0.05) is 67.3 Å². The summed E-state index contributed by atoms with van der Waals surface area (Å²) in [5, 5.41) is 3.44. The van der Waals surface area contributed by atoms with Gasteiger partial charge in [-0.25, -0.2) is 0 Å². The van der Waals surface area contributed by atoms with Gasteiger partial charge in [0.25, 0.3) is 0 Å². The van der Waals surface area contributed by atoms with E-state index in [1.165, 1.54) is 49.6 Å². The number of nitrogens with one attached hydrogen (secondary N) is 2. The number of nitrogens with two attached hydrogens (primary N) is 2. The molecule has 0 spiro atoms. The van der Waals surface area contributed by atoms with Gasteiger partial charge in [-0.05, 0) is 68.8 Å². The molecule has 2 aromatic rings. The Hall–Kier alpha value is -3.02. The van der Waals surface area contributed by atoms with Crippen molar-refractivity contribution in [2.75, 3.05) is 13.6 Å². The Labute approximate surface area is 206 Å². The molecule has 34 heavy (non-hydrogen) atoms. The van der Waals surface area contributed by atoms with Crippen molar-refractivity contribution in [3.63, 3.8) is 0 Å². The van der Waals surface area contributed by atoms with Gasteiger partial charge >= 0.3 is 0 Å². The molecule has 1 aliphatic heterocycles. The lowest BCUT2D eigenvalue weighted by Gasteiger charge is -2.22. The van der Waals surface area contributed by atoms with Crippen LogP contribution < -0.4 is 22.3 Å². The van der Waals surface area contributed by atoms with Crippen molar-refractivity contribution >= 4 is 0 Å². The van der Waals surface area contributed by atoms with E-state index in [4.69, 9.17) is 11.6 Å². The molecular formula is C29H43N5. The van der Waals surface area contributed by atoms with Crippen molar-refractivity contribution in [2.24, 2.45) is 11.6 Å². The van der Waals surface area contributed by atoms with Gasteiger partial charge in [0.1, 0.15) is 0 Å². The minimum absolute atomic E-state index is 0.517. The van der Waals surface area contributed by atoms with Gasteiger partial charge < -0.3 is 16.5 Å². The number of likely N-dealkylation sites (N-methyl/N-ethyl adjacent to an activating group) is 1. The number of nitrogens with zero attached hydrogens (tertiary/aromatic N) is 1. The smallest absolute Gasteiger partial charge is 0.0486 e. The number of hydrogen-bond donors (Lipinski definition) is 4. The minimum atomic E-state index is 0.517. The van der Waals surface area contributed by atoms with Crippen LogP contribution in [0, 0.1) is 6.92 Å². The summed E-state index contributed by atoms with van der Waals surface area (Å²) in [5.41, 5.74) is 13.8. The van der Waals surface area contributed by atoms with Gasteiger partial charge in [-0.3, -0.25) is 10.7 Å². The molecule has 184 valence electrons. The molecule has 1 aliphatic carbocycles. The number of rotatable bonds is 8. The van der Waals surface area contributed by atoms with Gasteiger partial charge in [0.2, 0.25) is 0 Å². The summed E-state index contributed by atoms with van der Waals surface area (Å²) in [6.45, 7) is 11.9. The summed E-state index contributed by atoms with van der Waals surface area (Å²) in [4.78, 5) is 2.38. The molecule has 0 bridgehead atoms. The number of allylic oxidation sites excluding steroid dienone is 1. The Morgan fingerprint density at radius 3 is 2.26 bits per heavy atom. The quantitative estimate of drug-likeness (QED) is 0.250. The summed E-state index contributed by atoms with van der Waals surface area (Å²) >= 11 is 0. The average Bonchev–Trinajstić information content (AvgIpc) is 3.62. The molecule has 1 saturated carbocycles. The fraction of sp³-hybridized carbons (Fsp3) is 0.379. The van der Waals surface area contributed by atoms with Crippen molar-refractivity contribution in [2.45, 2.75) is 57.5 Å². The second-order valence-electron chi connectivity index (χ2n) is 8.96. The molecule has 0 radical (unpaired) electrons. The third kappa shape index (κ3) is 9.46. The number of hydrazine groups is 1. The van der Waals surface area contributed by atoms with Gasteiger partial charge in [0.05, 0.1) is 0 Å². The predicted molar refractivity (Wildman–Crippen MR) is 146 cm³/mol. The van der Waals surface area contributed by atoms with E-state index in [0.29, 0.717) is 12.5 Å². The first-order valence-electron chi connectivity index (χ1n) is 12.2. The molecule has 2 fully saturated rings. The van der Waals surface area contributed by atoms with E-state index in [2.05, 4.69) is 91.3 Å². The summed E-state index contributed by atoms with van der Waals surface area (Å²) in [5.74, 6) is 5.93. The van der Waals surface area contributed by atoms with E-state index in [9.17, 15) is 0 Å². The Kier molecular flexibility index (Phi) is 12.0. The van der Waals surface area contributed by atoms with Gasteiger partial charge in [0.15, 0.2) is 0 Å². The minimum Gasteiger partial charge on any atom is -0.403 e. The highest BCUT2D eigenvalue weighted by Crippen LogP contribution is 2.41. The van der Waals surface area contributed by atoms with Gasteiger partial charge in [0, 0.05) is 36.6 Å². The molecule has 0 aromatic heterocycles. The summed E-state index contributed by atoms with van der Waals surface area (Å²) < 4.78 is 0. The zero-order valence-electron chi connectivity index (χ0n) is 21.0. The largest absolute Gasteiger partial charge is 0.403 e. The fourth-order valence-corrected chi connectivity index (χ4v) is 4.05. The Bertz CT molecular complexity index is 902. The molecule has 2 aliphatic rings. The molecule has 4 rings (SSSR count). The molecule has 1 unspecified atom stereocenters. The molecule has 1 heterocycles. The molecular weight excluding hydrogens is 418 g/mol. The summed E-state index contributed by atoms with van der Waals surface area (Å²) in [6.07, 6.45) is 9.16. The van der Waals surface area contributed by atoms with Crippen molar-refractivity contribution < 1.29 is 0 Å². The van der Waals surface area contributed by atoms with Crippen LogP contribution in [0.4, 0.5) is 0 Å². The van der Waals surface area contributed by atoms with Gasteiger partial charge in [-0.15, -0.1) is 6.58 Å². The average molecular weight is 462 g/mol. The highest BCUT2D eigenvalue weighted by atomic mass is 15.2. The van der Waals surface area contributed by atoms with Crippen molar-refractivity contribution in [3.05, 3.63) is 108 Å². The second-order valence-corrected chi connectivity index (χ2v) is 8.96. The summed E-state index contributed by atoms with van der Waals surface area (Å²) in [6, 6.07) is 19.7. The Morgan fingerprint density at radius 1 is 1.09 bits per heavy atom. The normalized spacial score (nSPS) is 17.5. The second kappa shape index (κ2) is 15.0. The molecule has 5 nitrogen and oxygen atoms in total. The first kappa shape index (κ1) is 27.2. The standard InChI is InChI=1S/C14H20N2.C10H12.C5H11N3/c1-12(14-9-6-10-16(14)2)15-11-13-7-4-3-5-8-13;1-8-4-2-3-5-10(8)9-6-7-9;1-2-3-5(4-6)8-7/h3-5,7-8,14-15H,1,6,9-11H2,2H3;2-5,9H,6-7H2,1H3;2,4,8H,1,3,6-7H2/b;;5-4-. The van der Waals surface area contributed by atoms with E-state index in [1.807, 2.05) is 6.07 Å². The van der Waals surface area contributed by atoms with Crippen molar-refractivity contribution in [1.29, 1.82) is 0 Å². The van der Waals surface area contributed by atoms with Crippen LogP contribution in [0.1, 0.15) is 54.7 Å². The van der Waals surface area contributed by atoms with E-state index in [-0.39, 0.29) is 0 Å². The number of aryl methyl sites for hydroxylation is 1. The maximum atomic E-state index is 5.12. The molecule has 5 heteroatoms. The topological polar surface area (TPSA) is 79.3 Å².